The van der Waals surface area contributed by atoms with E-state index in [0.717, 1.165) is 5.56 Å². The fourth-order valence-corrected chi connectivity index (χ4v) is 3.58. The molecule has 0 saturated carbocycles. The lowest BCUT2D eigenvalue weighted by molar-refractivity contribution is -0.164. The number of nitrogens with one attached hydrogen (secondary N) is 4. The fraction of sp³-hybridized carbons (Fsp3) is 0.625. The molecule has 0 bridgehead atoms. The third kappa shape index (κ3) is 18.4. The summed E-state index contributed by atoms with van der Waals surface area (Å²) >= 11 is 0. The highest BCUT2D eigenvalue weighted by Gasteiger charge is 2.32. The molecule has 0 heterocycles. The summed E-state index contributed by atoms with van der Waals surface area (Å²) < 4.78 is 21.0. The summed E-state index contributed by atoms with van der Waals surface area (Å²) in [7, 11) is 0. The van der Waals surface area contributed by atoms with Gasteiger partial charge in [0.25, 0.3) is 0 Å². The molecule has 4 N–H and O–H groups in total. The molecule has 258 valence electrons. The van der Waals surface area contributed by atoms with Crippen LogP contribution in [0.2, 0.25) is 0 Å². The molecule has 1 aromatic rings. The summed E-state index contributed by atoms with van der Waals surface area (Å²) in [5.41, 5.74) is -1.84. The Labute approximate surface area is 271 Å². The van der Waals surface area contributed by atoms with Crippen molar-refractivity contribution in [3.05, 3.63) is 35.9 Å². The molecule has 46 heavy (non-hydrogen) atoms. The average molecular weight is 651 g/mol. The molecule has 0 aliphatic rings. The third-order valence-corrected chi connectivity index (χ3v) is 5.45. The normalized spacial score (nSPS) is 12.9. The summed E-state index contributed by atoms with van der Waals surface area (Å²) in [6.45, 7) is 14.6. The number of hydrogen-bond donors (Lipinski definition) is 4. The highest BCUT2D eigenvalue weighted by atomic mass is 16.6. The van der Waals surface area contributed by atoms with Crippen LogP contribution in [-0.2, 0) is 44.7 Å². The second-order valence-electron chi connectivity index (χ2n) is 13.5. The minimum absolute atomic E-state index is 0.126. The van der Waals surface area contributed by atoms with Gasteiger partial charge in [0, 0.05) is 13.1 Å². The summed E-state index contributed by atoms with van der Waals surface area (Å²) in [6, 6.07) is 5.77. The van der Waals surface area contributed by atoms with E-state index in [1.165, 1.54) is 0 Å². The van der Waals surface area contributed by atoms with Gasteiger partial charge in [-0.15, -0.1) is 0 Å². The summed E-state index contributed by atoms with van der Waals surface area (Å²) in [5, 5.41) is 9.83. The van der Waals surface area contributed by atoms with Gasteiger partial charge in [0.15, 0.2) is 0 Å². The van der Waals surface area contributed by atoms with Crippen LogP contribution in [0.1, 0.15) is 87.1 Å². The number of rotatable bonds is 13. The number of urea groups is 1. The first-order chi connectivity index (χ1) is 21.1. The first kappa shape index (κ1) is 39.7. The number of esters is 3. The van der Waals surface area contributed by atoms with Crippen molar-refractivity contribution in [2.45, 2.75) is 117 Å². The maximum atomic E-state index is 13.0. The third-order valence-electron chi connectivity index (χ3n) is 5.45. The molecule has 14 heteroatoms. The first-order valence-corrected chi connectivity index (χ1v) is 15.1. The van der Waals surface area contributed by atoms with Crippen molar-refractivity contribution in [1.82, 2.24) is 21.3 Å². The van der Waals surface area contributed by atoms with E-state index in [9.17, 15) is 28.8 Å². The first-order valence-electron chi connectivity index (χ1n) is 15.1. The molecule has 0 radical (unpaired) electrons. The molecule has 4 amide bonds. The Hall–Kier alpha value is -4.36. The zero-order valence-electron chi connectivity index (χ0n) is 28.4. The van der Waals surface area contributed by atoms with Crippen LogP contribution in [0, 0.1) is 0 Å². The van der Waals surface area contributed by atoms with Gasteiger partial charge >= 0.3 is 35.9 Å². The number of benzene rings is 1. The topological polar surface area (TPSA) is 187 Å². The predicted octanol–water partition coefficient (Wildman–Crippen LogP) is 3.26. The van der Waals surface area contributed by atoms with Crippen LogP contribution in [0.25, 0.3) is 0 Å². The van der Waals surface area contributed by atoms with E-state index in [1.54, 1.807) is 62.3 Å². The number of carbonyl (C=O) groups excluding carboxylic acids is 6. The van der Waals surface area contributed by atoms with Gasteiger partial charge in [-0.3, -0.25) is 4.79 Å². The van der Waals surface area contributed by atoms with Crippen molar-refractivity contribution >= 4 is 35.9 Å². The monoisotopic (exact) mass is 650 g/mol. The Balaban J connectivity index is 2.82. The van der Waals surface area contributed by atoms with Crippen LogP contribution >= 0.6 is 0 Å². The number of ether oxygens (including phenoxy) is 4. The maximum absolute atomic E-state index is 13.0. The minimum atomic E-state index is -1.42. The molecule has 0 unspecified atom stereocenters. The van der Waals surface area contributed by atoms with E-state index >= 15 is 0 Å². The molecule has 0 saturated heterocycles. The Morgan fingerprint density at radius 1 is 0.674 bits per heavy atom. The molecule has 0 fully saturated rings. The van der Waals surface area contributed by atoms with Crippen molar-refractivity contribution in [3.63, 3.8) is 0 Å². The number of alkyl carbamates (subject to hydrolysis) is 1. The van der Waals surface area contributed by atoms with Crippen molar-refractivity contribution in [2.24, 2.45) is 0 Å². The Morgan fingerprint density at radius 2 is 1.20 bits per heavy atom. The molecule has 0 aliphatic carbocycles. The van der Waals surface area contributed by atoms with Gasteiger partial charge < -0.3 is 40.2 Å². The van der Waals surface area contributed by atoms with Crippen LogP contribution < -0.4 is 21.3 Å². The smallest absolute Gasteiger partial charge is 0.407 e. The number of amides is 4. The molecule has 14 nitrogen and oxygen atoms in total. The summed E-state index contributed by atoms with van der Waals surface area (Å²) in [5.74, 6) is -3.87. The second-order valence-corrected chi connectivity index (χ2v) is 13.5. The lowest BCUT2D eigenvalue weighted by Crippen LogP contribution is -2.56. The fourth-order valence-electron chi connectivity index (χ4n) is 3.58. The van der Waals surface area contributed by atoms with Crippen LogP contribution in [0.4, 0.5) is 9.59 Å². The van der Waals surface area contributed by atoms with Crippen molar-refractivity contribution in [2.75, 3.05) is 13.1 Å². The van der Waals surface area contributed by atoms with Crippen LogP contribution in [0.15, 0.2) is 30.3 Å². The van der Waals surface area contributed by atoms with Gasteiger partial charge in [-0.2, -0.15) is 0 Å². The zero-order valence-corrected chi connectivity index (χ0v) is 28.4. The zero-order chi connectivity index (χ0) is 35.1. The highest BCUT2D eigenvalue weighted by molar-refractivity contribution is 6.32. The molecule has 0 aromatic heterocycles. The highest BCUT2D eigenvalue weighted by Crippen LogP contribution is 2.13. The van der Waals surface area contributed by atoms with Gasteiger partial charge in [0.05, 0.1) is 0 Å². The summed E-state index contributed by atoms with van der Waals surface area (Å²) in [4.78, 5) is 75.2. The lowest BCUT2D eigenvalue weighted by atomic mass is 10.1. The largest absolute Gasteiger partial charge is 0.458 e. The van der Waals surface area contributed by atoms with Gasteiger partial charge in [-0.25, -0.2) is 24.0 Å². The summed E-state index contributed by atoms with van der Waals surface area (Å²) in [6.07, 6.45) is 0.428. The second kappa shape index (κ2) is 18.0. The predicted molar refractivity (Wildman–Crippen MR) is 168 cm³/mol. The van der Waals surface area contributed by atoms with Gasteiger partial charge in [-0.05, 0) is 87.1 Å². The van der Waals surface area contributed by atoms with Crippen molar-refractivity contribution < 1.29 is 47.7 Å². The van der Waals surface area contributed by atoms with E-state index in [2.05, 4.69) is 21.3 Å². The van der Waals surface area contributed by atoms with Crippen molar-refractivity contribution in [1.29, 1.82) is 0 Å². The SMILES string of the molecule is CC(C)(C)OC(=O)C(=O)NC[C@H](NC(=O)N[C@@H](CCCCNC(=O)OCc1ccccc1)C(=O)OC(C)(C)C)C(=O)OC(C)(C)C. The molecule has 0 spiro atoms. The Morgan fingerprint density at radius 3 is 1.74 bits per heavy atom. The van der Waals surface area contributed by atoms with Crippen LogP contribution in [-0.4, -0.2) is 77.9 Å². The van der Waals surface area contributed by atoms with E-state index < -0.39 is 71.4 Å². The van der Waals surface area contributed by atoms with E-state index in [-0.39, 0.29) is 19.6 Å². The minimum Gasteiger partial charge on any atom is -0.458 e. The number of unbranched alkanes of at least 4 members (excludes halogenated alkanes) is 1. The molecule has 2 atom stereocenters. The van der Waals surface area contributed by atoms with Gasteiger partial charge in [0.2, 0.25) is 0 Å². The van der Waals surface area contributed by atoms with Crippen molar-refractivity contribution in [3.8, 4) is 0 Å². The van der Waals surface area contributed by atoms with Crippen LogP contribution in [0.3, 0.4) is 0 Å². The lowest BCUT2D eigenvalue weighted by Gasteiger charge is -2.27. The standard InChI is InChI=1S/C32H50N4O10/c1-30(2,3)44-25(38)22(17-13-14-18-33-29(42)43-20-21-15-11-10-12-16-21)35-28(41)36-23(26(39)45-31(4,5)6)19-34-24(37)27(40)46-32(7,8)9/h10-12,15-16,22-23H,13-14,17-20H2,1-9H3,(H,33,42)(H,34,37)(H2,35,36,41)/t22-,23-/m0/s1. The average Bonchev–Trinajstić information content (AvgIpc) is 2.90. The molecular weight excluding hydrogens is 600 g/mol. The van der Waals surface area contributed by atoms with E-state index in [1.807, 2.05) is 30.3 Å². The molecular formula is C32H50N4O10. The molecule has 1 aromatic carbocycles. The molecule has 1 rings (SSSR count). The van der Waals surface area contributed by atoms with E-state index in [0.29, 0.717) is 12.8 Å². The van der Waals surface area contributed by atoms with Crippen LogP contribution in [0.5, 0.6) is 0 Å². The van der Waals surface area contributed by atoms with Gasteiger partial charge in [0.1, 0.15) is 35.5 Å². The number of hydrogen-bond acceptors (Lipinski definition) is 10. The Bertz CT molecular complexity index is 1180. The van der Waals surface area contributed by atoms with E-state index in [4.69, 9.17) is 18.9 Å². The maximum Gasteiger partial charge on any atom is 0.407 e. The van der Waals surface area contributed by atoms with Gasteiger partial charge in [-0.1, -0.05) is 30.3 Å². The molecule has 0 aliphatic heterocycles. The quantitative estimate of drug-likeness (QED) is 0.107. The number of carbonyl (C=O) groups is 6. The Kier molecular flexibility index (Phi) is 15.5.